The standard InChI is InChI=1S/C22H23ClF3N3O3S/c1-21(27,13-30)20-29-28-19(33-20)14-8-9-17(15(12-14)22(24,25)26)31-10-4-5-11-32-18-7-3-2-6-16(18)23/h2-3,6-9,12,30H,4-5,10-11,13,27H2,1H3. The summed E-state index contributed by atoms with van der Waals surface area (Å²) in [5.41, 5.74) is 4.14. The largest absolute Gasteiger partial charge is 0.493 e. The van der Waals surface area contributed by atoms with Crippen molar-refractivity contribution in [2.45, 2.75) is 31.5 Å². The maximum Gasteiger partial charge on any atom is 0.419 e. The van der Waals surface area contributed by atoms with Gasteiger partial charge in [-0.1, -0.05) is 35.1 Å². The van der Waals surface area contributed by atoms with Gasteiger partial charge >= 0.3 is 6.18 Å². The van der Waals surface area contributed by atoms with Gasteiger partial charge in [-0.25, -0.2) is 0 Å². The summed E-state index contributed by atoms with van der Waals surface area (Å²) in [5.74, 6) is 0.297. The second-order valence-electron chi connectivity index (χ2n) is 7.53. The number of hydrogen-bond donors (Lipinski definition) is 2. The van der Waals surface area contributed by atoms with Gasteiger partial charge < -0.3 is 20.3 Å². The molecule has 3 N–H and O–H groups in total. The molecule has 1 aromatic heterocycles. The first kappa shape index (κ1) is 25.2. The molecule has 33 heavy (non-hydrogen) atoms. The Morgan fingerprint density at radius 2 is 1.70 bits per heavy atom. The van der Waals surface area contributed by atoms with Gasteiger partial charge in [0.15, 0.2) is 0 Å². The number of para-hydroxylation sites is 1. The van der Waals surface area contributed by atoms with E-state index >= 15 is 0 Å². The lowest BCUT2D eigenvalue weighted by Crippen LogP contribution is -2.36. The molecule has 1 unspecified atom stereocenters. The molecular weight excluding hydrogens is 479 g/mol. The van der Waals surface area contributed by atoms with Crippen LogP contribution in [-0.2, 0) is 11.7 Å². The molecule has 2 aromatic carbocycles. The van der Waals surface area contributed by atoms with Gasteiger partial charge in [-0.05, 0) is 50.1 Å². The minimum Gasteiger partial charge on any atom is -0.493 e. The van der Waals surface area contributed by atoms with Crippen LogP contribution in [0.1, 0.15) is 30.3 Å². The molecule has 0 spiro atoms. The van der Waals surface area contributed by atoms with E-state index in [4.69, 9.17) is 26.8 Å². The minimum atomic E-state index is -4.61. The molecule has 0 aliphatic heterocycles. The molecule has 3 rings (SSSR count). The Balaban J connectivity index is 1.62. The first-order valence-corrected chi connectivity index (χ1v) is 11.3. The fourth-order valence-electron chi connectivity index (χ4n) is 2.78. The summed E-state index contributed by atoms with van der Waals surface area (Å²) in [6.07, 6.45) is -3.53. The van der Waals surface area contributed by atoms with Gasteiger partial charge in [-0.15, -0.1) is 10.2 Å². The van der Waals surface area contributed by atoms with Crippen LogP contribution in [0.2, 0.25) is 5.02 Å². The number of halogens is 4. The van der Waals surface area contributed by atoms with Gasteiger partial charge in [0.2, 0.25) is 0 Å². The lowest BCUT2D eigenvalue weighted by molar-refractivity contribution is -0.138. The third-order valence-corrected chi connectivity index (χ3v) is 6.23. The average Bonchev–Trinajstić information content (AvgIpc) is 3.28. The summed E-state index contributed by atoms with van der Waals surface area (Å²) in [6.45, 7) is 1.66. The highest BCUT2D eigenvalue weighted by Gasteiger charge is 2.35. The van der Waals surface area contributed by atoms with Crippen LogP contribution < -0.4 is 15.2 Å². The van der Waals surface area contributed by atoms with Crippen molar-refractivity contribution in [3.8, 4) is 22.1 Å². The molecule has 0 amide bonds. The molecule has 6 nitrogen and oxygen atoms in total. The van der Waals surface area contributed by atoms with Crippen molar-refractivity contribution in [1.29, 1.82) is 0 Å². The molecule has 178 valence electrons. The number of ether oxygens (including phenoxy) is 2. The van der Waals surface area contributed by atoms with Crippen molar-refractivity contribution in [2.75, 3.05) is 19.8 Å². The van der Waals surface area contributed by atoms with E-state index in [-0.39, 0.29) is 29.5 Å². The topological polar surface area (TPSA) is 90.5 Å². The Hall–Kier alpha value is -2.40. The third kappa shape index (κ3) is 6.57. The van der Waals surface area contributed by atoms with E-state index in [1.165, 1.54) is 12.1 Å². The summed E-state index contributed by atoms with van der Waals surface area (Å²) >= 11 is 7.04. The van der Waals surface area contributed by atoms with Crippen molar-refractivity contribution < 1.29 is 27.8 Å². The molecule has 0 aliphatic rings. The molecule has 0 bridgehead atoms. The van der Waals surface area contributed by atoms with Gasteiger partial charge in [0, 0.05) is 5.56 Å². The number of hydrogen-bond acceptors (Lipinski definition) is 7. The Morgan fingerprint density at radius 3 is 2.33 bits per heavy atom. The normalized spacial score (nSPS) is 13.5. The van der Waals surface area contributed by atoms with Crippen molar-refractivity contribution in [3.05, 3.63) is 58.1 Å². The number of alkyl halides is 3. The molecule has 0 saturated heterocycles. The van der Waals surface area contributed by atoms with Gasteiger partial charge in [0.25, 0.3) is 0 Å². The Labute approximate surface area is 198 Å². The van der Waals surface area contributed by atoms with Gasteiger partial charge in [-0.2, -0.15) is 13.2 Å². The third-order valence-electron chi connectivity index (χ3n) is 4.66. The summed E-state index contributed by atoms with van der Waals surface area (Å²) in [6, 6.07) is 10.8. The van der Waals surface area contributed by atoms with Crippen molar-refractivity contribution >= 4 is 22.9 Å². The molecule has 1 atom stereocenters. The first-order chi connectivity index (χ1) is 15.6. The zero-order valence-electron chi connectivity index (χ0n) is 17.7. The number of rotatable bonds is 10. The number of aliphatic hydroxyl groups is 1. The summed E-state index contributed by atoms with van der Waals surface area (Å²) in [5, 5.41) is 18.3. The van der Waals surface area contributed by atoms with E-state index in [2.05, 4.69) is 10.2 Å². The van der Waals surface area contributed by atoms with Crippen LogP contribution in [-0.4, -0.2) is 35.1 Å². The molecule has 1 heterocycles. The predicted molar refractivity (Wildman–Crippen MR) is 121 cm³/mol. The quantitative estimate of drug-likeness (QED) is 0.367. The SMILES string of the molecule is CC(N)(CO)c1nnc(-c2ccc(OCCCCOc3ccccc3Cl)c(C(F)(F)F)c2)s1. The number of aliphatic hydroxyl groups excluding tert-OH is 1. The van der Waals surface area contributed by atoms with Gasteiger partial charge in [0.05, 0.1) is 35.9 Å². The Kier molecular flexibility index (Phi) is 8.17. The lowest BCUT2D eigenvalue weighted by Gasteiger charge is -2.17. The maximum atomic E-state index is 13.7. The fourth-order valence-corrected chi connectivity index (χ4v) is 3.86. The molecular formula is C22H23ClF3N3O3S. The first-order valence-electron chi connectivity index (χ1n) is 10.1. The number of benzene rings is 2. The van der Waals surface area contributed by atoms with Gasteiger partial charge in [0.1, 0.15) is 21.5 Å². The van der Waals surface area contributed by atoms with E-state index < -0.39 is 17.3 Å². The van der Waals surface area contributed by atoms with Crippen LogP contribution in [0.5, 0.6) is 11.5 Å². The summed E-state index contributed by atoms with van der Waals surface area (Å²) < 4.78 is 51.9. The zero-order chi connectivity index (χ0) is 24.1. The Morgan fingerprint density at radius 1 is 1.03 bits per heavy atom. The predicted octanol–water partition coefficient (Wildman–Crippen LogP) is 5.28. The van der Waals surface area contributed by atoms with E-state index in [1.807, 2.05) is 0 Å². The lowest BCUT2D eigenvalue weighted by atomic mass is 10.1. The molecule has 0 fully saturated rings. The number of aromatic nitrogens is 2. The van der Waals surface area contributed by atoms with E-state index in [0.29, 0.717) is 35.2 Å². The molecule has 0 radical (unpaired) electrons. The second-order valence-corrected chi connectivity index (χ2v) is 8.92. The van der Waals surface area contributed by atoms with Crippen molar-refractivity contribution in [3.63, 3.8) is 0 Å². The van der Waals surface area contributed by atoms with Crippen molar-refractivity contribution in [1.82, 2.24) is 10.2 Å². The minimum absolute atomic E-state index is 0.0965. The number of nitrogens with zero attached hydrogens (tertiary/aromatic N) is 2. The van der Waals surface area contributed by atoms with Crippen LogP contribution >= 0.6 is 22.9 Å². The fraction of sp³-hybridized carbons (Fsp3) is 0.364. The van der Waals surface area contributed by atoms with Crippen LogP contribution in [0.3, 0.4) is 0 Å². The number of nitrogens with two attached hydrogens (primary N) is 1. The van der Waals surface area contributed by atoms with Crippen LogP contribution in [0.25, 0.3) is 10.6 Å². The summed E-state index contributed by atoms with van der Waals surface area (Å²) in [4.78, 5) is 0. The highest BCUT2D eigenvalue weighted by atomic mass is 35.5. The second kappa shape index (κ2) is 10.7. The smallest absolute Gasteiger partial charge is 0.419 e. The highest BCUT2D eigenvalue weighted by Crippen LogP contribution is 2.40. The van der Waals surface area contributed by atoms with Crippen LogP contribution in [0.4, 0.5) is 13.2 Å². The van der Waals surface area contributed by atoms with Crippen LogP contribution in [0.15, 0.2) is 42.5 Å². The van der Waals surface area contributed by atoms with Crippen LogP contribution in [0, 0.1) is 0 Å². The molecule has 0 saturated carbocycles. The van der Waals surface area contributed by atoms with E-state index in [9.17, 15) is 18.3 Å². The summed E-state index contributed by atoms with van der Waals surface area (Å²) in [7, 11) is 0. The van der Waals surface area contributed by atoms with E-state index in [1.54, 1.807) is 31.2 Å². The van der Waals surface area contributed by atoms with Gasteiger partial charge in [-0.3, -0.25) is 0 Å². The highest BCUT2D eigenvalue weighted by molar-refractivity contribution is 7.14. The maximum absolute atomic E-state index is 13.7. The Bertz CT molecular complexity index is 1080. The monoisotopic (exact) mass is 501 g/mol. The van der Waals surface area contributed by atoms with E-state index in [0.717, 1.165) is 17.4 Å². The average molecular weight is 502 g/mol. The molecule has 11 heteroatoms. The molecule has 0 aliphatic carbocycles. The zero-order valence-corrected chi connectivity index (χ0v) is 19.3. The van der Waals surface area contributed by atoms with Crippen molar-refractivity contribution in [2.24, 2.45) is 5.73 Å². The number of unbranched alkanes of at least 4 members (excludes halogenated alkanes) is 1. The molecule has 3 aromatic rings.